The summed E-state index contributed by atoms with van der Waals surface area (Å²) < 4.78 is 13.1. The third-order valence-corrected chi connectivity index (χ3v) is 2.34. The average molecular weight is 249 g/mol. The molecular weight excluding hydrogens is 237 g/mol. The molecule has 0 saturated carbocycles. The first-order chi connectivity index (χ1) is 8.70. The molecular formula is C11H12FN5O. The number of H-pyrrole nitrogens is 1. The standard InChI is InChI=1S/C11H12FN5O/c1-13-10-9(2-8(12)6-14-10)11(18)15-3-7-4-16-17-5-7/h2,4-6H,3H2,1H3,(H,13,14)(H,15,18)(H,16,17). The third kappa shape index (κ3) is 2.62. The molecule has 0 aliphatic carbocycles. The zero-order valence-electron chi connectivity index (χ0n) is 9.70. The van der Waals surface area contributed by atoms with Gasteiger partial charge in [-0.15, -0.1) is 0 Å². The van der Waals surface area contributed by atoms with Gasteiger partial charge in [0.15, 0.2) is 0 Å². The van der Waals surface area contributed by atoms with E-state index in [-0.39, 0.29) is 5.56 Å². The Bertz CT molecular complexity index is 540. The zero-order chi connectivity index (χ0) is 13.0. The van der Waals surface area contributed by atoms with E-state index in [1.54, 1.807) is 19.4 Å². The molecule has 0 atom stereocenters. The smallest absolute Gasteiger partial charge is 0.255 e. The van der Waals surface area contributed by atoms with Crippen LogP contribution in [0, 0.1) is 5.82 Å². The van der Waals surface area contributed by atoms with Crippen molar-refractivity contribution >= 4 is 11.7 Å². The maximum atomic E-state index is 13.1. The van der Waals surface area contributed by atoms with E-state index in [4.69, 9.17) is 0 Å². The van der Waals surface area contributed by atoms with Gasteiger partial charge in [0.1, 0.15) is 11.6 Å². The van der Waals surface area contributed by atoms with Crippen molar-refractivity contribution in [3.05, 3.63) is 41.6 Å². The number of carbonyl (C=O) groups excluding carboxylic acids is 1. The number of nitrogens with zero attached hydrogens (tertiary/aromatic N) is 2. The van der Waals surface area contributed by atoms with Gasteiger partial charge in [0.05, 0.1) is 18.0 Å². The molecule has 2 aromatic heterocycles. The van der Waals surface area contributed by atoms with Crippen LogP contribution in [0.15, 0.2) is 24.7 Å². The first-order valence-electron chi connectivity index (χ1n) is 5.30. The Hall–Kier alpha value is -2.44. The van der Waals surface area contributed by atoms with Gasteiger partial charge in [-0.25, -0.2) is 9.37 Å². The lowest BCUT2D eigenvalue weighted by atomic mass is 10.2. The summed E-state index contributed by atoms with van der Waals surface area (Å²) in [4.78, 5) is 15.7. The van der Waals surface area contributed by atoms with Crippen LogP contribution in [0.2, 0.25) is 0 Å². The van der Waals surface area contributed by atoms with Crippen LogP contribution in [0.3, 0.4) is 0 Å². The van der Waals surface area contributed by atoms with Gasteiger partial charge in [-0.05, 0) is 6.07 Å². The second kappa shape index (κ2) is 5.26. The van der Waals surface area contributed by atoms with Gasteiger partial charge in [-0.2, -0.15) is 5.10 Å². The largest absolute Gasteiger partial charge is 0.372 e. The normalized spacial score (nSPS) is 10.1. The maximum Gasteiger partial charge on any atom is 0.255 e. The highest BCUT2D eigenvalue weighted by atomic mass is 19.1. The fourth-order valence-corrected chi connectivity index (χ4v) is 1.46. The zero-order valence-corrected chi connectivity index (χ0v) is 9.70. The van der Waals surface area contributed by atoms with Crippen molar-refractivity contribution in [1.82, 2.24) is 20.5 Å². The Morgan fingerprint density at radius 2 is 2.33 bits per heavy atom. The number of amides is 1. The van der Waals surface area contributed by atoms with Crippen molar-refractivity contribution in [2.24, 2.45) is 0 Å². The first kappa shape index (κ1) is 12.0. The van der Waals surface area contributed by atoms with Gasteiger partial charge in [0.25, 0.3) is 5.91 Å². The number of rotatable bonds is 4. The number of carbonyl (C=O) groups is 1. The topological polar surface area (TPSA) is 82.7 Å². The van der Waals surface area contributed by atoms with Crippen molar-refractivity contribution in [2.45, 2.75) is 6.54 Å². The molecule has 0 fully saturated rings. The van der Waals surface area contributed by atoms with E-state index in [1.165, 1.54) is 0 Å². The predicted octanol–water partition coefficient (Wildman–Crippen LogP) is 0.915. The molecule has 0 radical (unpaired) electrons. The van der Waals surface area contributed by atoms with E-state index < -0.39 is 11.7 Å². The number of aromatic amines is 1. The Kier molecular flexibility index (Phi) is 3.52. The number of nitrogens with one attached hydrogen (secondary N) is 3. The van der Waals surface area contributed by atoms with E-state index >= 15 is 0 Å². The minimum atomic E-state index is -0.553. The highest BCUT2D eigenvalue weighted by Crippen LogP contribution is 2.12. The van der Waals surface area contributed by atoms with Crippen LogP contribution in [-0.2, 0) is 6.54 Å². The molecule has 1 amide bonds. The lowest BCUT2D eigenvalue weighted by molar-refractivity contribution is 0.0951. The van der Waals surface area contributed by atoms with E-state index in [0.717, 1.165) is 17.8 Å². The van der Waals surface area contributed by atoms with Crippen LogP contribution in [0.25, 0.3) is 0 Å². The molecule has 0 unspecified atom stereocenters. The van der Waals surface area contributed by atoms with Gasteiger partial charge >= 0.3 is 0 Å². The molecule has 3 N–H and O–H groups in total. The summed E-state index contributed by atoms with van der Waals surface area (Å²) in [5.41, 5.74) is 1.000. The third-order valence-electron chi connectivity index (χ3n) is 2.34. The summed E-state index contributed by atoms with van der Waals surface area (Å²) in [7, 11) is 1.62. The van der Waals surface area contributed by atoms with Crippen molar-refractivity contribution < 1.29 is 9.18 Å². The van der Waals surface area contributed by atoms with Crippen LogP contribution in [0.4, 0.5) is 10.2 Å². The molecule has 0 aromatic carbocycles. The molecule has 2 rings (SSSR count). The molecule has 2 aromatic rings. The minimum absolute atomic E-state index is 0.168. The summed E-state index contributed by atoms with van der Waals surface area (Å²) in [6, 6.07) is 1.14. The lowest BCUT2D eigenvalue weighted by Gasteiger charge is -2.08. The molecule has 0 aliphatic rings. The Labute approximate surface area is 103 Å². The summed E-state index contributed by atoms with van der Waals surface area (Å²) >= 11 is 0. The van der Waals surface area contributed by atoms with Crippen LogP contribution < -0.4 is 10.6 Å². The van der Waals surface area contributed by atoms with Crippen molar-refractivity contribution in [1.29, 1.82) is 0 Å². The highest BCUT2D eigenvalue weighted by Gasteiger charge is 2.13. The van der Waals surface area contributed by atoms with E-state index in [9.17, 15) is 9.18 Å². The molecule has 7 heteroatoms. The molecule has 18 heavy (non-hydrogen) atoms. The lowest BCUT2D eigenvalue weighted by Crippen LogP contribution is -2.24. The van der Waals surface area contributed by atoms with Crippen LogP contribution in [-0.4, -0.2) is 28.1 Å². The quantitative estimate of drug-likeness (QED) is 0.752. The molecule has 2 heterocycles. The number of aromatic nitrogens is 3. The summed E-state index contributed by atoms with van der Waals surface area (Å²) in [6.45, 7) is 0.314. The van der Waals surface area contributed by atoms with Crippen LogP contribution in [0.1, 0.15) is 15.9 Å². The van der Waals surface area contributed by atoms with Gasteiger partial charge in [-0.3, -0.25) is 9.89 Å². The summed E-state index contributed by atoms with van der Waals surface area (Å²) in [5.74, 6) is -0.615. The number of pyridine rings is 1. The maximum absolute atomic E-state index is 13.1. The van der Waals surface area contributed by atoms with Crippen molar-refractivity contribution in [3.8, 4) is 0 Å². The SMILES string of the molecule is CNc1ncc(F)cc1C(=O)NCc1cn[nH]c1. The number of hydrogen-bond donors (Lipinski definition) is 3. The summed E-state index contributed by atoms with van der Waals surface area (Å²) in [5, 5.41) is 11.8. The Balaban J connectivity index is 2.10. The van der Waals surface area contributed by atoms with E-state index in [1.807, 2.05) is 0 Å². The Morgan fingerprint density at radius 3 is 3.00 bits per heavy atom. The van der Waals surface area contributed by atoms with Crippen molar-refractivity contribution in [2.75, 3.05) is 12.4 Å². The van der Waals surface area contributed by atoms with Gasteiger partial charge in [-0.1, -0.05) is 0 Å². The van der Waals surface area contributed by atoms with Crippen molar-refractivity contribution in [3.63, 3.8) is 0 Å². The van der Waals surface area contributed by atoms with Gasteiger partial charge in [0.2, 0.25) is 0 Å². The van der Waals surface area contributed by atoms with Crippen LogP contribution >= 0.6 is 0 Å². The monoisotopic (exact) mass is 249 g/mol. The van der Waals surface area contributed by atoms with E-state index in [2.05, 4.69) is 25.8 Å². The second-order valence-electron chi connectivity index (χ2n) is 3.59. The average Bonchev–Trinajstić information content (AvgIpc) is 2.89. The first-order valence-corrected chi connectivity index (χ1v) is 5.30. The second-order valence-corrected chi connectivity index (χ2v) is 3.59. The summed E-state index contributed by atoms with van der Waals surface area (Å²) in [6.07, 6.45) is 4.32. The fraction of sp³-hybridized carbons (Fsp3) is 0.182. The van der Waals surface area contributed by atoms with Gasteiger partial charge < -0.3 is 10.6 Å². The van der Waals surface area contributed by atoms with E-state index in [0.29, 0.717) is 12.4 Å². The minimum Gasteiger partial charge on any atom is -0.372 e. The predicted molar refractivity (Wildman–Crippen MR) is 63.5 cm³/mol. The fourth-order valence-electron chi connectivity index (χ4n) is 1.46. The molecule has 0 bridgehead atoms. The molecule has 0 saturated heterocycles. The van der Waals surface area contributed by atoms with Crippen LogP contribution in [0.5, 0.6) is 0 Å². The number of halogens is 1. The highest BCUT2D eigenvalue weighted by molar-refractivity contribution is 5.98. The number of hydrogen-bond acceptors (Lipinski definition) is 4. The molecule has 6 nitrogen and oxygen atoms in total. The van der Waals surface area contributed by atoms with Gasteiger partial charge in [0, 0.05) is 25.4 Å². The number of anilines is 1. The molecule has 0 spiro atoms. The Morgan fingerprint density at radius 1 is 1.50 bits per heavy atom. The molecule has 0 aliphatic heterocycles. The molecule has 94 valence electrons.